The van der Waals surface area contributed by atoms with Crippen LogP contribution < -0.4 is 14.8 Å². The molecule has 1 N–H and O–H groups in total. The Morgan fingerprint density at radius 2 is 1.81 bits per heavy atom. The lowest BCUT2D eigenvalue weighted by Crippen LogP contribution is -2.40. The summed E-state index contributed by atoms with van der Waals surface area (Å²) in [5, 5.41) is 3.76. The summed E-state index contributed by atoms with van der Waals surface area (Å²) in [4.78, 5) is 34.1. The molecule has 3 aromatic rings. The molecule has 1 saturated heterocycles. The number of hydrogen-bond acceptors (Lipinski definition) is 7. The number of carbonyl (C=O) groups is 2. The third-order valence-corrected chi connectivity index (χ3v) is 6.44. The summed E-state index contributed by atoms with van der Waals surface area (Å²) in [5.74, 6) is 0.509. The fraction of sp³-hybridized carbons (Fsp3) is 0.348. The van der Waals surface area contributed by atoms with Gasteiger partial charge in [0, 0.05) is 29.7 Å². The average Bonchev–Trinajstić information content (AvgIpc) is 3.16. The summed E-state index contributed by atoms with van der Waals surface area (Å²) >= 11 is 1.30. The van der Waals surface area contributed by atoms with E-state index >= 15 is 0 Å². The third-order valence-electron chi connectivity index (χ3n) is 5.36. The number of morpholine rings is 1. The minimum atomic E-state index is -0.346. The number of benzene rings is 1. The van der Waals surface area contributed by atoms with E-state index in [9.17, 15) is 9.59 Å². The highest BCUT2D eigenvalue weighted by atomic mass is 32.1. The van der Waals surface area contributed by atoms with Crippen molar-refractivity contribution >= 4 is 39.1 Å². The minimum absolute atomic E-state index is 0.129. The lowest BCUT2D eigenvalue weighted by Gasteiger charge is -2.26. The molecule has 8 nitrogen and oxygen atoms in total. The van der Waals surface area contributed by atoms with Gasteiger partial charge in [0.2, 0.25) is 0 Å². The number of nitrogens with zero attached hydrogens (tertiary/aromatic N) is 2. The molecule has 3 heterocycles. The van der Waals surface area contributed by atoms with E-state index in [1.165, 1.54) is 25.6 Å². The molecule has 0 radical (unpaired) electrons. The van der Waals surface area contributed by atoms with Gasteiger partial charge in [-0.15, -0.1) is 11.3 Å². The van der Waals surface area contributed by atoms with Crippen molar-refractivity contribution in [2.45, 2.75) is 13.8 Å². The molecule has 0 spiro atoms. The number of pyridine rings is 1. The van der Waals surface area contributed by atoms with Gasteiger partial charge in [0.1, 0.15) is 9.71 Å². The zero-order chi connectivity index (χ0) is 22.8. The third kappa shape index (κ3) is 4.13. The van der Waals surface area contributed by atoms with E-state index in [-0.39, 0.29) is 11.8 Å². The van der Waals surface area contributed by atoms with Gasteiger partial charge in [-0.25, -0.2) is 4.98 Å². The smallest absolute Gasteiger partial charge is 0.266 e. The SMILES string of the molecule is COc1ccc(C(=O)Nc2c(C(=O)N3CCOCC3)sc3nc(C)cc(C)c23)cc1OC. The topological polar surface area (TPSA) is 90.0 Å². The van der Waals surface area contributed by atoms with Crippen LogP contribution >= 0.6 is 11.3 Å². The second-order valence-corrected chi connectivity index (χ2v) is 8.49. The van der Waals surface area contributed by atoms with Crippen molar-refractivity contribution in [1.82, 2.24) is 9.88 Å². The Kier molecular flexibility index (Phi) is 6.29. The first kappa shape index (κ1) is 22.0. The standard InChI is InChI=1S/C23H25N3O5S/c1-13-11-14(2)24-22-18(13)19(20(32-22)23(28)26-7-9-31-10-8-26)25-21(27)15-5-6-16(29-3)17(12-15)30-4/h5-6,11-12H,7-10H2,1-4H3,(H,25,27). The van der Waals surface area contributed by atoms with Gasteiger partial charge in [-0.05, 0) is 43.7 Å². The van der Waals surface area contributed by atoms with Crippen LogP contribution in [-0.4, -0.2) is 62.2 Å². The van der Waals surface area contributed by atoms with Gasteiger partial charge in [-0.3, -0.25) is 9.59 Å². The average molecular weight is 456 g/mol. The lowest BCUT2D eigenvalue weighted by atomic mass is 10.1. The summed E-state index contributed by atoms with van der Waals surface area (Å²) in [6.07, 6.45) is 0. The molecule has 9 heteroatoms. The Labute approximate surface area is 190 Å². The second-order valence-electron chi connectivity index (χ2n) is 7.50. The molecule has 1 aliphatic rings. The summed E-state index contributed by atoms with van der Waals surface area (Å²) in [5.41, 5.74) is 2.70. The van der Waals surface area contributed by atoms with Crippen molar-refractivity contribution in [2.24, 2.45) is 0 Å². The number of carbonyl (C=O) groups excluding carboxylic acids is 2. The predicted molar refractivity (Wildman–Crippen MR) is 123 cm³/mol. The van der Waals surface area contributed by atoms with Crippen molar-refractivity contribution in [3.63, 3.8) is 0 Å². The van der Waals surface area contributed by atoms with E-state index < -0.39 is 0 Å². The number of thiophene rings is 1. The number of amides is 2. The van der Waals surface area contributed by atoms with Crippen LogP contribution in [0.25, 0.3) is 10.2 Å². The fourth-order valence-corrected chi connectivity index (χ4v) is 5.00. The van der Waals surface area contributed by atoms with Crippen molar-refractivity contribution in [3.8, 4) is 11.5 Å². The molecule has 0 aliphatic carbocycles. The van der Waals surface area contributed by atoms with Crippen LogP contribution in [0.5, 0.6) is 11.5 Å². The number of rotatable bonds is 5. The van der Waals surface area contributed by atoms with Crippen molar-refractivity contribution in [1.29, 1.82) is 0 Å². The van der Waals surface area contributed by atoms with E-state index in [0.717, 1.165) is 21.5 Å². The molecule has 0 unspecified atom stereocenters. The zero-order valence-electron chi connectivity index (χ0n) is 18.5. The Balaban J connectivity index is 1.76. The summed E-state index contributed by atoms with van der Waals surface area (Å²) in [6, 6.07) is 6.89. The van der Waals surface area contributed by atoms with Crippen LogP contribution in [0, 0.1) is 13.8 Å². The number of aromatic nitrogens is 1. The highest BCUT2D eigenvalue weighted by Crippen LogP contribution is 2.38. The van der Waals surface area contributed by atoms with Crippen molar-refractivity contribution in [3.05, 3.63) is 46.0 Å². The Morgan fingerprint density at radius 1 is 1.09 bits per heavy atom. The molecular weight excluding hydrogens is 430 g/mol. The number of fused-ring (bicyclic) bond motifs is 1. The van der Waals surface area contributed by atoms with Crippen LogP contribution in [0.15, 0.2) is 24.3 Å². The maximum Gasteiger partial charge on any atom is 0.266 e. The van der Waals surface area contributed by atoms with Crippen molar-refractivity contribution in [2.75, 3.05) is 45.8 Å². The number of aryl methyl sites for hydroxylation is 2. The molecular formula is C23H25N3O5S. The molecule has 168 valence electrons. The molecule has 32 heavy (non-hydrogen) atoms. The molecule has 2 amide bonds. The van der Waals surface area contributed by atoms with Gasteiger partial charge in [0.15, 0.2) is 11.5 Å². The van der Waals surface area contributed by atoms with Gasteiger partial charge in [-0.2, -0.15) is 0 Å². The number of anilines is 1. The fourth-order valence-electron chi connectivity index (χ4n) is 3.78. The number of hydrogen-bond donors (Lipinski definition) is 1. The van der Waals surface area contributed by atoms with Gasteiger partial charge < -0.3 is 24.4 Å². The summed E-state index contributed by atoms with van der Waals surface area (Å²) in [7, 11) is 3.05. The van der Waals surface area contributed by atoms with Crippen LogP contribution in [0.4, 0.5) is 5.69 Å². The lowest BCUT2D eigenvalue weighted by molar-refractivity contribution is 0.0307. The Bertz CT molecular complexity index is 1180. The van der Waals surface area contributed by atoms with Crippen LogP contribution in [-0.2, 0) is 4.74 Å². The minimum Gasteiger partial charge on any atom is -0.493 e. The quantitative estimate of drug-likeness (QED) is 0.632. The molecule has 1 aromatic carbocycles. The van der Waals surface area contributed by atoms with E-state index in [4.69, 9.17) is 14.2 Å². The van der Waals surface area contributed by atoms with Crippen molar-refractivity contribution < 1.29 is 23.8 Å². The van der Waals surface area contributed by atoms with E-state index in [2.05, 4.69) is 10.3 Å². The highest BCUT2D eigenvalue weighted by Gasteiger charge is 2.27. The first-order chi connectivity index (χ1) is 15.4. The maximum atomic E-state index is 13.4. The van der Waals surface area contributed by atoms with Crippen LogP contribution in [0.1, 0.15) is 31.3 Å². The molecule has 1 aliphatic heterocycles. The van der Waals surface area contributed by atoms with Gasteiger partial charge in [0.25, 0.3) is 11.8 Å². The number of ether oxygens (including phenoxy) is 3. The molecule has 4 rings (SSSR count). The van der Waals surface area contributed by atoms with E-state index in [1.807, 2.05) is 19.9 Å². The zero-order valence-corrected chi connectivity index (χ0v) is 19.3. The highest BCUT2D eigenvalue weighted by molar-refractivity contribution is 7.21. The summed E-state index contributed by atoms with van der Waals surface area (Å²) in [6.45, 7) is 5.90. The first-order valence-corrected chi connectivity index (χ1v) is 11.1. The molecule has 0 saturated carbocycles. The number of nitrogens with one attached hydrogen (secondary N) is 1. The largest absolute Gasteiger partial charge is 0.493 e. The molecule has 2 aromatic heterocycles. The predicted octanol–water partition coefficient (Wildman–Crippen LogP) is 3.66. The molecule has 1 fully saturated rings. The summed E-state index contributed by atoms with van der Waals surface area (Å²) < 4.78 is 16.0. The van der Waals surface area contributed by atoms with Gasteiger partial charge in [0.05, 0.1) is 33.1 Å². The maximum absolute atomic E-state index is 13.4. The monoisotopic (exact) mass is 455 g/mol. The number of methoxy groups -OCH3 is 2. The van der Waals surface area contributed by atoms with Crippen LogP contribution in [0.3, 0.4) is 0 Å². The van der Waals surface area contributed by atoms with Gasteiger partial charge in [-0.1, -0.05) is 0 Å². The van der Waals surface area contributed by atoms with E-state index in [1.54, 1.807) is 23.1 Å². The Morgan fingerprint density at radius 3 is 2.50 bits per heavy atom. The Hall–Kier alpha value is -3.17. The van der Waals surface area contributed by atoms with Crippen LogP contribution in [0.2, 0.25) is 0 Å². The normalized spacial score (nSPS) is 13.8. The first-order valence-electron chi connectivity index (χ1n) is 10.2. The molecule has 0 atom stereocenters. The van der Waals surface area contributed by atoms with Gasteiger partial charge >= 0.3 is 0 Å². The van der Waals surface area contributed by atoms with E-state index in [0.29, 0.717) is 53.9 Å². The second kappa shape index (κ2) is 9.13. The molecule has 0 bridgehead atoms.